The minimum atomic E-state index is -0.511. The third-order valence-electron chi connectivity index (χ3n) is 3.23. The number of aliphatic hydroxyl groups is 1. The number of carbonyl (C=O) groups excluding carboxylic acids is 2. The third kappa shape index (κ3) is 2.37. The molecule has 4 nitrogen and oxygen atoms in total. The molecule has 0 bridgehead atoms. The minimum Gasteiger partial charge on any atom is -0.396 e. The predicted octanol–water partition coefficient (Wildman–Crippen LogP) is 1.08. The van der Waals surface area contributed by atoms with Gasteiger partial charge in [0, 0.05) is 25.0 Å². The number of aliphatic hydroxyl groups excluding tert-OH is 1. The molecule has 86 valence electrons. The third-order valence-corrected chi connectivity index (χ3v) is 3.23. The highest BCUT2D eigenvalue weighted by Gasteiger charge is 2.39. The average molecular weight is 213 g/mol. The van der Waals surface area contributed by atoms with Gasteiger partial charge in [-0.1, -0.05) is 6.92 Å². The summed E-state index contributed by atoms with van der Waals surface area (Å²) < 4.78 is 0. The van der Waals surface area contributed by atoms with Crippen molar-refractivity contribution in [3.8, 4) is 0 Å². The van der Waals surface area contributed by atoms with E-state index >= 15 is 0 Å². The van der Waals surface area contributed by atoms with Crippen molar-refractivity contribution in [2.24, 2.45) is 0 Å². The van der Waals surface area contributed by atoms with Crippen molar-refractivity contribution >= 4 is 11.8 Å². The first-order valence-corrected chi connectivity index (χ1v) is 5.52. The summed E-state index contributed by atoms with van der Waals surface area (Å²) in [7, 11) is 0. The van der Waals surface area contributed by atoms with Crippen molar-refractivity contribution < 1.29 is 14.7 Å². The molecule has 4 heteroatoms. The lowest BCUT2D eigenvalue weighted by molar-refractivity contribution is -0.156. The highest BCUT2D eigenvalue weighted by molar-refractivity contribution is 5.98. The predicted molar refractivity (Wildman–Crippen MR) is 56.1 cm³/mol. The van der Waals surface area contributed by atoms with Crippen LogP contribution >= 0.6 is 0 Å². The van der Waals surface area contributed by atoms with Gasteiger partial charge in [-0.15, -0.1) is 0 Å². The standard InChI is InChI=1S/C11H19NO3/c1-3-11(2,7-8-13)12-9(14)5-4-6-10(12)15/h13H,3-8H2,1-2H3. The maximum atomic E-state index is 11.7. The molecule has 0 aromatic rings. The molecule has 1 aliphatic rings. The van der Waals surface area contributed by atoms with Crippen LogP contribution in [0.4, 0.5) is 0 Å². The first-order chi connectivity index (χ1) is 7.05. The summed E-state index contributed by atoms with van der Waals surface area (Å²) in [6.45, 7) is 3.80. The van der Waals surface area contributed by atoms with Crippen LogP contribution in [-0.2, 0) is 9.59 Å². The van der Waals surface area contributed by atoms with Gasteiger partial charge in [0.15, 0.2) is 0 Å². The van der Waals surface area contributed by atoms with Gasteiger partial charge in [0.25, 0.3) is 0 Å². The second-order valence-electron chi connectivity index (χ2n) is 4.30. The average Bonchev–Trinajstić information content (AvgIpc) is 2.18. The number of nitrogens with zero attached hydrogens (tertiary/aromatic N) is 1. The van der Waals surface area contributed by atoms with Gasteiger partial charge in [0.2, 0.25) is 11.8 Å². The summed E-state index contributed by atoms with van der Waals surface area (Å²) in [4.78, 5) is 24.8. The summed E-state index contributed by atoms with van der Waals surface area (Å²) in [6, 6.07) is 0. The van der Waals surface area contributed by atoms with Crippen molar-refractivity contribution in [3.05, 3.63) is 0 Å². The van der Waals surface area contributed by atoms with Gasteiger partial charge in [-0.2, -0.15) is 0 Å². The van der Waals surface area contributed by atoms with E-state index in [-0.39, 0.29) is 18.4 Å². The van der Waals surface area contributed by atoms with E-state index < -0.39 is 5.54 Å². The molecule has 0 aliphatic carbocycles. The lowest BCUT2D eigenvalue weighted by Gasteiger charge is -2.41. The Bertz CT molecular complexity index is 249. The second kappa shape index (κ2) is 4.75. The molecule has 0 radical (unpaired) electrons. The van der Waals surface area contributed by atoms with Gasteiger partial charge in [0.1, 0.15) is 0 Å². The molecule has 2 amide bonds. The molecule has 1 fully saturated rings. The number of carbonyl (C=O) groups is 2. The Morgan fingerprint density at radius 1 is 1.33 bits per heavy atom. The Morgan fingerprint density at radius 2 is 1.87 bits per heavy atom. The molecule has 0 aromatic carbocycles. The van der Waals surface area contributed by atoms with E-state index in [9.17, 15) is 9.59 Å². The van der Waals surface area contributed by atoms with E-state index in [1.54, 1.807) is 0 Å². The fourth-order valence-electron chi connectivity index (χ4n) is 2.04. The smallest absolute Gasteiger partial charge is 0.229 e. The van der Waals surface area contributed by atoms with Crippen LogP contribution in [0.1, 0.15) is 46.0 Å². The zero-order valence-electron chi connectivity index (χ0n) is 9.45. The molecular formula is C11H19NO3. The molecule has 1 unspecified atom stereocenters. The molecule has 1 atom stereocenters. The molecule has 0 aromatic heterocycles. The van der Waals surface area contributed by atoms with Crippen LogP contribution in [0, 0.1) is 0 Å². The van der Waals surface area contributed by atoms with Gasteiger partial charge in [0.05, 0.1) is 0 Å². The lowest BCUT2D eigenvalue weighted by Crippen LogP contribution is -2.54. The topological polar surface area (TPSA) is 57.6 Å². The number of imide groups is 1. The Labute approximate surface area is 90.3 Å². The van der Waals surface area contributed by atoms with Gasteiger partial charge in [-0.05, 0) is 26.2 Å². The molecule has 15 heavy (non-hydrogen) atoms. The highest BCUT2D eigenvalue weighted by Crippen LogP contribution is 2.28. The van der Waals surface area contributed by atoms with Gasteiger partial charge < -0.3 is 5.11 Å². The number of hydrogen-bond acceptors (Lipinski definition) is 3. The van der Waals surface area contributed by atoms with E-state index in [2.05, 4.69) is 0 Å². The molecule has 0 spiro atoms. The maximum Gasteiger partial charge on any atom is 0.229 e. The van der Waals surface area contributed by atoms with Crippen LogP contribution in [0.2, 0.25) is 0 Å². The fourth-order valence-corrected chi connectivity index (χ4v) is 2.04. The summed E-state index contributed by atoms with van der Waals surface area (Å²) in [6.07, 6.45) is 2.71. The van der Waals surface area contributed by atoms with E-state index in [1.165, 1.54) is 4.90 Å². The Morgan fingerprint density at radius 3 is 2.27 bits per heavy atom. The SMILES string of the molecule is CCC(C)(CCO)N1C(=O)CCCC1=O. The summed E-state index contributed by atoms with van der Waals surface area (Å²) in [5, 5.41) is 8.99. The first-order valence-electron chi connectivity index (χ1n) is 5.52. The number of rotatable bonds is 4. The van der Waals surface area contributed by atoms with Crippen molar-refractivity contribution in [1.29, 1.82) is 0 Å². The highest BCUT2D eigenvalue weighted by atomic mass is 16.3. The molecule has 1 saturated heterocycles. The van der Waals surface area contributed by atoms with Crippen molar-refractivity contribution in [1.82, 2.24) is 4.90 Å². The second-order valence-corrected chi connectivity index (χ2v) is 4.30. The summed E-state index contributed by atoms with van der Waals surface area (Å²) in [5.74, 6) is -0.187. The van der Waals surface area contributed by atoms with Crippen molar-refractivity contribution in [2.75, 3.05) is 6.61 Å². The first kappa shape index (κ1) is 12.2. The minimum absolute atomic E-state index is 0.00139. The van der Waals surface area contributed by atoms with Crippen LogP contribution in [0.5, 0.6) is 0 Å². The largest absolute Gasteiger partial charge is 0.396 e. The Balaban J connectivity index is 2.89. The Kier molecular flexibility index (Phi) is 3.85. The number of hydrogen-bond donors (Lipinski definition) is 1. The van der Waals surface area contributed by atoms with Crippen LogP contribution in [0.15, 0.2) is 0 Å². The molecule has 0 saturated carbocycles. The molecule has 1 aliphatic heterocycles. The maximum absolute atomic E-state index is 11.7. The van der Waals surface area contributed by atoms with Crippen LogP contribution in [0.25, 0.3) is 0 Å². The fraction of sp³-hybridized carbons (Fsp3) is 0.818. The van der Waals surface area contributed by atoms with E-state index in [0.717, 1.165) is 0 Å². The number of likely N-dealkylation sites (tertiary alicyclic amines) is 1. The lowest BCUT2D eigenvalue weighted by atomic mass is 9.90. The number of piperidine rings is 1. The molecular weight excluding hydrogens is 194 g/mol. The van der Waals surface area contributed by atoms with Crippen LogP contribution < -0.4 is 0 Å². The quantitative estimate of drug-likeness (QED) is 0.711. The normalized spacial score (nSPS) is 21.7. The van der Waals surface area contributed by atoms with Gasteiger partial charge in [-0.3, -0.25) is 14.5 Å². The van der Waals surface area contributed by atoms with E-state index in [1.807, 2.05) is 13.8 Å². The van der Waals surface area contributed by atoms with E-state index in [4.69, 9.17) is 5.11 Å². The molecule has 1 heterocycles. The van der Waals surface area contributed by atoms with Crippen molar-refractivity contribution in [2.45, 2.75) is 51.5 Å². The van der Waals surface area contributed by atoms with Crippen LogP contribution in [0.3, 0.4) is 0 Å². The zero-order chi connectivity index (χ0) is 11.5. The van der Waals surface area contributed by atoms with Crippen molar-refractivity contribution in [3.63, 3.8) is 0 Å². The molecule has 1 rings (SSSR count). The molecule has 1 N–H and O–H groups in total. The summed E-state index contributed by atoms with van der Waals surface area (Å²) >= 11 is 0. The monoisotopic (exact) mass is 213 g/mol. The van der Waals surface area contributed by atoms with Crippen LogP contribution in [-0.4, -0.2) is 34.0 Å². The Hall–Kier alpha value is -0.900. The zero-order valence-corrected chi connectivity index (χ0v) is 9.45. The van der Waals surface area contributed by atoms with Gasteiger partial charge >= 0.3 is 0 Å². The van der Waals surface area contributed by atoms with Gasteiger partial charge in [-0.25, -0.2) is 0 Å². The number of amides is 2. The van der Waals surface area contributed by atoms with E-state index in [0.29, 0.717) is 32.1 Å². The summed E-state index contributed by atoms with van der Waals surface area (Å²) in [5.41, 5.74) is -0.511.